The highest BCUT2D eigenvalue weighted by Crippen LogP contribution is 2.38. The molecule has 0 aromatic heterocycles. The Morgan fingerprint density at radius 1 is 0.929 bits per heavy atom. The molecule has 0 saturated heterocycles. The van der Waals surface area contributed by atoms with Crippen molar-refractivity contribution in [2.45, 2.75) is 0 Å². The first-order valence-electron chi connectivity index (χ1n) is 8.51. The minimum absolute atomic E-state index is 0.119. The second-order valence-corrected chi connectivity index (χ2v) is 6.04. The van der Waals surface area contributed by atoms with Crippen LogP contribution in [-0.4, -0.2) is 52.1 Å². The lowest BCUT2D eigenvalue weighted by molar-refractivity contribution is -0.124. The van der Waals surface area contributed by atoms with Crippen LogP contribution in [0.15, 0.2) is 48.2 Å². The summed E-state index contributed by atoms with van der Waals surface area (Å²) in [5, 5.41) is 2.68. The number of hydrogen-bond acceptors (Lipinski definition) is 5. The lowest BCUT2D eigenvalue weighted by Gasteiger charge is -2.16. The topological polar surface area (TPSA) is 77.1 Å². The molecule has 28 heavy (non-hydrogen) atoms. The lowest BCUT2D eigenvalue weighted by Crippen LogP contribution is -2.34. The summed E-state index contributed by atoms with van der Waals surface area (Å²) in [4.78, 5) is 26.5. The number of carbonyl (C=O) groups excluding carboxylic acids is 2. The number of nitrogens with one attached hydrogen (secondary N) is 1. The van der Waals surface area contributed by atoms with E-state index in [0.717, 1.165) is 0 Å². The molecule has 0 bridgehead atoms. The van der Waals surface area contributed by atoms with Gasteiger partial charge >= 0.3 is 0 Å². The molecule has 0 atom stereocenters. The Kier molecular flexibility index (Phi) is 7.03. The maximum absolute atomic E-state index is 12.6. The van der Waals surface area contributed by atoms with E-state index in [2.05, 4.69) is 5.32 Å². The molecule has 7 heteroatoms. The molecule has 0 saturated carbocycles. The largest absolute Gasteiger partial charge is 0.493 e. The maximum Gasteiger partial charge on any atom is 0.269 e. The first-order chi connectivity index (χ1) is 13.4. The molecule has 0 unspecified atom stereocenters. The first kappa shape index (κ1) is 20.8. The molecule has 0 fully saturated rings. The molecule has 0 aliphatic carbocycles. The van der Waals surface area contributed by atoms with Crippen LogP contribution in [0.1, 0.15) is 15.9 Å². The van der Waals surface area contributed by atoms with Crippen molar-refractivity contribution in [3.63, 3.8) is 0 Å². The van der Waals surface area contributed by atoms with Crippen molar-refractivity contribution in [3.05, 3.63) is 59.3 Å². The van der Waals surface area contributed by atoms with Gasteiger partial charge in [0, 0.05) is 19.7 Å². The number of rotatable bonds is 7. The highest BCUT2D eigenvalue weighted by molar-refractivity contribution is 6.05. The summed E-state index contributed by atoms with van der Waals surface area (Å²) in [6, 6.07) is 12.1. The van der Waals surface area contributed by atoms with E-state index >= 15 is 0 Å². The number of hydrogen-bond donors (Lipinski definition) is 1. The van der Waals surface area contributed by atoms with Crippen LogP contribution >= 0.6 is 0 Å². The van der Waals surface area contributed by atoms with Crippen molar-refractivity contribution in [1.82, 2.24) is 10.2 Å². The Morgan fingerprint density at radius 2 is 1.50 bits per heavy atom. The molecule has 0 radical (unpaired) electrons. The van der Waals surface area contributed by atoms with Crippen molar-refractivity contribution in [2.75, 3.05) is 35.4 Å². The zero-order valence-corrected chi connectivity index (χ0v) is 16.6. The van der Waals surface area contributed by atoms with Crippen LogP contribution in [0.2, 0.25) is 0 Å². The fourth-order valence-electron chi connectivity index (χ4n) is 2.53. The SMILES string of the molecule is COc1cc(/C=C(\NC(=O)c2ccccc2)C(=O)N(C)C)cc(OC)c1OC. The predicted octanol–water partition coefficient (Wildman–Crippen LogP) is 2.57. The average molecular weight is 384 g/mol. The molecule has 2 aromatic carbocycles. The van der Waals surface area contributed by atoms with Crippen molar-refractivity contribution in [3.8, 4) is 17.2 Å². The van der Waals surface area contributed by atoms with Gasteiger partial charge in [0.05, 0.1) is 21.3 Å². The van der Waals surface area contributed by atoms with Crippen LogP contribution in [0.25, 0.3) is 6.08 Å². The zero-order valence-electron chi connectivity index (χ0n) is 16.6. The molecule has 2 amide bonds. The molecule has 0 aliphatic rings. The Balaban J connectivity index is 2.47. The monoisotopic (exact) mass is 384 g/mol. The number of benzene rings is 2. The highest BCUT2D eigenvalue weighted by Gasteiger charge is 2.18. The van der Waals surface area contributed by atoms with E-state index in [1.165, 1.54) is 26.2 Å². The predicted molar refractivity (Wildman–Crippen MR) is 107 cm³/mol. The van der Waals surface area contributed by atoms with E-state index in [1.807, 2.05) is 6.07 Å². The summed E-state index contributed by atoms with van der Waals surface area (Å²) in [5.74, 6) is 0.599. The molecule has 1 N–H and O–H groups in total. The number of nitrogens with zero attached hydrogens (tertiary/aromatic N) is 1. The van der Waals surface area contributed by atoms with Crippen LogP contribution in [-0.2, 0) is 4.79 Å². The average Bonchev–Trinajstić information content (AvgIpc) is 2.72. The molecular weight excluding hydrogens is 360 g/mol. The summed E-state index contributed by atoms with van der Waals surface area (Å²) >= 11 is 0. The van der Waals surface area contributed by atoms with Crippen LogP contribution in [0, 0.1) is 0 Å². The van der Waals surface area contributed by atoms with E-state index in [0.29, 0.717) is 28.4 Å². The van der Waals surface area contributed by atoms with Gasteiger partial charge in [-0.25, -0.2) is 0 Å². The number of likely N-dealkylation sites (N-methyl/N-ethyl adjacent to an activating group) is 1. The second kappa shape index (κ2) is 9.45. The van der Waals surface area contributed by atoms with E-state index in [4.69, 9.17) is 14.2 Å². The third kappa shape index (κ3) is 4.82. The van der Waals surface area contributed by atoms with Gasteiger partial charge in [0.2, 0.25) is 5.75 Å². The summed E-state index contributed by atoms with van der Waals surface area (Å²) in [5.41, 5.74) is 1.17. The van der Waals surface area contributed by atoms with Crippen molar-refractivity contribution in [1.29, 1.82) is 0 Å². The lowest BCUT2D eigenvalue weighted by atomic mass is 10.1. The molecular formula is C21H24N2O5. The Labute approximate surface area is 164 Å². The summed E-state index contributed by atoms with van der Waals surface area (Å²) < 4.78 is 16.0. The maximum atomic E-state index is 12.6. The van der Waals surface area contributed by atoms with E-state index in [-0.39, 0.29) is 17.5 Å². The van der Waals surface area contributed by atoms with E-state index in [1.54, 1.807) is 56.6 Å². The van der Waals surface area contributed by atoms with Gasteiger partial charge in [-0.1, -0.05) is 18.2 Å². The highest BCUT2D eigenvalue weighted by atomic mass is 16.5. The van der Waals surface area contributed by atoms with Gasteiger partial charge in [-0.3, -0.25) is 9.59 Å². The van der Waals surface area contributed by atoms with Gasteiger partial charge in [-0.05, 0) is 35.9 Å². The molecule has 148 valence electrons. The van der Waals surface area contributed by atoms with Gasteiger partial charge < -0.3 is 24.4 Å². The molecule has 0 spiro atoms. The van der Waals surface area contributed by atoms with E-state index in [9.17, 15) is 9.59 Å². The van der Waals surface area contributed by atoms with Crippen LogP contribution in [0.4, 0.5) is 0 Å². The van der Waals surface area contributed by atoms with Gasteiger partial charge in [0.25, 0.3) is 11.8 Å². The standard InChI is InChI=1S/C21H24N2O5/c1-23(2)21(25)16(22-20(24)15-9-7-6-8-10-15)11-14-12-17(26-3)19(28-5)18(13-14)27-4/h6-13H,1-5H3,(H,22,24)/b16-11-. The number of ether oxygens (including phenoxy) is 3. The molecule has 0 heterocycles. The third-order valence-electron chi connectivity index (χ3n) is 3.92. The number of carbonyl (C=O) groups is 2. The van der Waals surface area contributed by atoms with Gasteiger partial charge in [0.1, 0.15) is 5.70 Å². The van der Waals surface area contributed by atoms with Crippen LogP contribution in [0.3, 0.4) is 0 Å². The molecule has 0 aliphatic heterocycles. The van der Waals surface area contributed by atoms with Crippen molar-refractivity contribution < 1.29 is 23.8 Å². The van der Waals surface area contributed by atoms with Gasteiger partial charge in [0.15, 0.2) is 11.5 Å². The third-order valence-corrected chi connectivity index (χ3v) is 3.92. The minimum Gasteiger partial charge on any atom is -0.493 e. The van der Waals surface area contributed by atoms with Crippen LogP contribution in [0.5, 0.6) is 17.2 Å². The summed E-state index contributed by atoms with van der Waals surface area (Å²) in [7, 11) is 7.75. The molecule has 7 nitrogen and oxygen atoms in total. The molecule has 2 aromatic rings. The quantitative estimate of drug-likeness (QED) is 0.743. The number of amides is 2. The Morgan fingerprint density at radius 3 is 1.96 bits per heavy atom. The first-order valence-corrected chi connectivity index (χ1v) is 8.51. The normalized spacial score (nSPS) is 10.8. The van der Waals surface area contributed by atoms with Gasteiger partial charge in [-0.15, -0.1) is 0 Å². The zero-order chi connectivity index (χ0) is 20.7. The van der Waals surface area contributed by atoms with Crippen LogP contribution < -0.4 is 19.5 Å². The summed E-state index contributed by atoms with van der Waals surface area (Å²) in [6.07, 6.45) is 1.56. The van der Waals surface area contributed by atoms with Crippen molar-refractivity contribution >= 4 is 17.9 Å². The summed E-state index contributed by atoms with van der Waals surface area (Å²) in [6.45, 7) is 0. The van der Waals surface area contributed by atoms with Gasteiger partial charge in [-0.2, -0.15) is 0 Å². The Bertz CT molecular complexity index is 851. The minimum atomic E-state index is -0.380. The molecule has 2 rings (SSSR count). The van der Waals surface area contributed by atoms with Crippen molar-refractivity contribution in [2.24, 2.45) is 0 Å². The fourth-order valence-corrected chi connectivity index (χ4v) is 2.53. The number of methoxy groups -OCH3 is 3. The second-order valence-electron chi connectivity index (χ2n) is 6.04. The smallest absolute Gasteiger partial charge is 0.269 e. The van der Waals surface area contributed by atoms with E-state index < -0.39 is 0 Å². The Hall–Kier alpha value is -3.48. The fraction of sp³-hybridized carbons (Fsp3) is 0.238.